The quantitative estimate of drug-likeness (QED) is 0.890. The van der Waals surface area contributed by atoms with E-state index in [9.17, 15) is 10.4 Å². The van der Waals surface area contributed by atoms with Gasteiger partial charge in [-0.2, -0.15) is 5.26 Å². The summed E-state index contributed by atoms with van der Waals surface area (Å²) in [7, 11) is 0. The Kier molecular flexibility index (Phi) is 3.70. The molecule has 1 heterocycles. The highest BCUT2D eigenvalue weighted by atomic mass is 16.5. The Bertz CT molecular complexity index is 439. The van der Waals surface area contributed by atoms with Crippen LogP contribution in [0.1, 0.15) is 43.4 Å². The molecule has 2 atom stereocenters. The third kappa shape index (κ3) is 2.27. The molecule has 1 fully saturated rings. The summed E-state index contributed by atoms with van der Waals surface area (Å²) in [5.74, 6) is 0.468. The summed E-state index contributed by atoms with van der Waals surface area (Å²) in [5, 5.41) is 19.7. The lowest BCUT2D eigenvalue weighted by Gasteiger charge is -2.25. The van der Waals surface area contributed by atoms with Gasteiger partial charge in [0.2, 0.25) is 0 Å². The number of aliphatic hydroxyl groups excluding tert-OH is 1. The molecule has 2 rings (SSSR count). The fraction of sp³-hybridized carbons (Fsp3) is 0.533. The van der Waals surface area contributed by atoms with E-state index in [1.807, 2.05) is 24.3 Å². The lowest BCUT2D eigenvalue weighted by Crippen LogP contribution is -2.27. The van der Waals surface area contributed by atoms with Gasteiger partial charge in [-0.3, -0.25) is 0 Å². The number of hydrogen-bond acceptors (Lipinski definition) is 3. The van der Waals surface area contributed by atoms with Gasteiger partial charge >= 0.3 is 0 Å². The first-order valence-electron chi connectivity index (χ1n) is 6.36. The van der Waals surface area contributed by atoms with E-state index in [2.05, 4.69) is 19.9 Å². The van der Waals surface area contributed by atoms with Crippen molar-refractivity contribution in [3.63, 3.8) is 0 Å². The molecule has 3 nitrogen and oxygen atoms in total. The minimum atomic E-state index is -0.778. The van der Waals surface area contributed by atoms with Crippen LogP contribution in [0.2, 0.25) is 0 Å². The first kappa shape index (κ1) is 13.1. The smallest absolute Gasteiger partial charge is 0.113 e. The number of benzene rings is 1. The van der Waals surface area contributed by atoms with Crippen molar-refractivity contribution in [2.24, 2.45) is 5.41 Å². The Labute approximate surface area is 108 Å². The molecule has 2 unspecified atom stereocenters. The predicted octanol–water partition coefficient (Wildman–Crippen LogP) is 2.77. The number of rotatable bonds is 3. The first-order valence-corrected chi connectivity index (χ1v) is 6.36. The van der Waals surface area contributed by atoms with Gasteiger partial charge in [-0.15, -0.1) is 0 Å². The summed E-state index contributed by atoms with van der Waals surface area (Å²) in [6, 6.07) is 10.1. The fourth-order valence-corrected chi connectivity index (χ4v) is 2.33. The van der Waals surface area contributed by atoms with Gasteiger partial charge in [0.25, 0.3) is 0 Å². The highest BCUT2D eigenvalue weighted by Gasteiger charge is 2.42. The maximum Gasteiger partial charge on any atom is 0.113 e. The van der Waals surface area contributed by atoms with Gasteiger partial charge in [-0.1, -0.05) is 38.1 Å². The molecule has 3 heteroatoms. The lowest BCUT2D eigenvalue weighted by atomic mass is 9.79. The third-order valence-electron chi connectivity index (χ3n) is 3.72. The number of ether oxygens (including phenoxy) is 1. The maximum absolute atomic E-state index is 10.4. The molecule has 1 saturated heterocycles. The van der Waals surface area contributed by atoms with E-state index in [1.165, 1.54) is 5.56 Å². The molecular weight excluding hydrogens is 226 g/mol. The molecule has 0 amide bonds. The molecule has 18 heavy (non-hydrogen) atoms. The van der Waals surface area contributed by atoms with Gasteiger partial charge in [0.05, 0.1) is 18.8 Å². The lowest BCUT2D eigenvalue weighted by molar-refractivity contribution is 0.0504. The molecular formula is C15H19NO2. The van der Waals surface area contributed by atoms with Crippen molar-refractivity contribution in [2.45, 2.75) is 32.3 Å². The van der Waals surface area contributed by atoms with E-state index < -0.39 is 11.5 Å². The van der Waals surface area contributed by atoms with Crippen LogP contribution in [0.15, 0.2) is 24.3 Å². The Morgan fingerprint density at radius 2 is 1.89 bits per heavy atom. The van der Waals surface area contributed by atoms with Crippen LogP contribution in [-0.2, 0) is 4.74 Å². The zero-order valence-electron chi connectivity index (χ0n) is 10.9. The van der Waals surface area contributed by atoms with Crippen LogP contribution in [-0.4, -0.2) is 18.3 Å². The molecule has 1 aliphatic rings. The second-order valence-corrected chi connectivity index (χ2v) is 5.29. The Hall–Kier alpha value is -1.37. The van der Waals surface area contributed by atoms with Gasteiger partial charge in [0, 0.05) is 6.61 Å². The molecule has 1 aliphatic heterocycles. The van der Waals surface area contributed by atoms with Crippen molar-refractivity contribution in [1.82, 2.24) is 0 Å². The van der Waals surface area contributed by atoms with Crippen LogP contribution in [0.5, 0.6) is 0 Å². The average molecular weight is 245 g/mol. The van der Waals surface area contributed by atoms with Crippen LogP contribution in [0.4, 0.5) is 0 Å². The van der Waals surface area contributed by atoms with Crippen LogP contribution in [0, 0.1) is 16.7 Å². The van der Waals surface area contributed by atoms with Gasteiger partial charge < -0.3 is 9.84 Å². The standard InChI is InChI=1S/C15H19NO2/c1-11(2)12-3-5-13(6-4-12)14(17)15(9-16)7-8-18-10-15/h3-6,11,14,17H,7-8,10H2,1-2H3. The summed E-state index contributed by atoms with van der Waals surface area (Å²) < 4.78 is 5.27. The second kappa shape index (κ2) is 5.09. The number of hydrogen-bond donors (Lipinski definition) is 1. The fourth-order valence-electron chi connectivity index (χ4n) is 2.33. The predicted molar refractivity (Wildman–Crippen MR) is 69.0 cm³/mol. The molecule has 1 aromatic carbocycles. The molecule has 0 aromatic heterocycles. The van der Waals surface area contributed by atoms with Gasteiger partial charge in [0.15, 0.2) is 0 Å². The molecule has 1 aromatic rings. The second-order valence-electron chi connectivity index (χ2n) is 5.29. The molecule has 0 spiro atoms. The number of nitrogens with zero attached hydrogens (tertiary/aromatic N) is 1. The van der Waals surface area contributed by atoms with E-state index in [0.29, 0.717) is 25.6 Å². The summed E-state index contributed by atoms with van der Waals surface area (Å²) in [4.78, 5) is 0. The van der Waals surface area contributed by atoms with E-state index in [4.69, 9.17) is 4.74 Å². The Morgan fingerprint density at radius 1 is 1.28 bits per heavy atom. The molecule has 0 saturated carbocycles. The summed E-state index contributed by atoms with van der Waals surface area (Å²) >= 11 is 0. The van der Waals surface area contributed by atoms with Crippen LogP contribution in [0.3, 0.4) is 0 Å². The van der Waals surface area contributed by atoms with Crippen molar-refractivity contribution in [3.8, 4) is 6.07 Å². The van der Waals surface area contributed by atoms with E-state index >= 15 is 0 Å². The van der Waals surface area contributed by atoms with Crippen LogP contribution < -0.4 is 0 Å². The highest BCUT2D eigenvalue weighted by Crippen LogP contribution is 2.40. The largest absolute Gasteiger partial charge is 0.387 e. The van der Waals surface area contributed by atoms with Gasteiger partial charge in [-0.25, -0.2) is 0 Å². The van der Waals surface area contributed by atoms with E-state index in [0.717, 1.165) is 5.56 Å². The molecule has 0 bridgehead atoms. The number of nitriles is 1. The average Bonchev–Trinajstić information content (AvgIpc) is 2.88. The van der Waals surface area contributed by atoms with Crippen molar-refractivity contribution in [1.29, 1.82) is 5.26 Å². The maximum atomic E-state index is 10.4. The third-order valence-corrected chi connectivity index (χ3v) is 3.72. The Balaban J connectivity index is 2.23. The van der Waals surface area contributed by atoms with Crippen molar-refractivity contribution in [3.05, 3.63) is 35.4 Å². The van der Waals surface area contributed by atoms with E-state index in [1.54, 1.807) is 0 Å². The molecule has 1 N–H and O–H groups in total. The summed E-state index contributed by atoms with van der Waals surface area (Å²) in [6.45, 7) is 5.13. The van der Waals surface area contributed by atoms with Gasteiger partial charge in [-0.05, 0) is 23.5 Å². The Morgan fingerprint density at radius 3 is 2.33 bits per heavy atom. The molecule has 96 valence electrons. The minimum absolute atomic E-state index is 0.316. The van der Waals surface area contributed by atoms with E-state index in [-0.39, 0.29) is 0 Å². The first-order chi connectivity index (χ1) is 8.59. The summed E-state index contributed by atoms with van der Waals surface area (Å²) in [6.07, 6.45) is -0.178. The number of aliphatic hydroxyl groups is 1. The van der Waals surface area contributed by atoms with Crippen molar-refractivity contribution < 1.29 is 9.84 Å². The minimum Gasteiger partial charge on any atom is -0.387 e. The summed E-state index contributed by atoms with van der Waals surface area (Å²) in [5.41, 5.74) is 1.25. The normalized spacial score (nSPS) is 25.1. The topological polar surface area (TPSA) is 53.2 Å². The molecule has 0 radical (unpaired) electrons. The van der Waals surface area contributed by atoms with Gasteiger partial charge in [0.1, 0.15) is 5.41 Å². The van der Waals surface area contributed by atoms with Crippen LogP contribution in [0.25, 0.3) is 0 Å². The molecule has 0 aliphatic carbocycles. The highest BCUT2D eigenvalue weighted by molar-refractivity contribution is 5.29. The SMILES string of the molecule is CC(C)c1ccc(C(O)C2(C#N)CCOC2)cc1. The monoisotopic (exact) mass is 245 g/mol. The van der Waals surface area contributed by atoms with Crippen LogP contribution >= 0.6 is 0 Å². The van der Waals surface area contributed by atoms with Crippen molar-refractivity contribution >= 4 is 0 Å². The zero-order chi connectivity index (χ0) is 13.2. The van der Waals surface area contributed by atoms with Crippen molar-refractivity contribution in [2.75, 3.05) is 13.2 Å². The zero-order valence-corrected chi connectivity index (χ0v) is 10.9.